The van der Waals surface area contributed by atoms with Crippen molar-refractivity contribution in [1.29, 1.82) is 0 Å². The van der Waals surface area contributed by atoms with E-state index >= 15 is 0 Å². The first-order valence-corrected chi connectivity index (χ1v) is 10.5. The van der Waals surface area contributed by atoms with Gasteiger partial charge < -0.3 is 5.32 Å². The number of hydrogen-bond donors (Lipinski definition) is 1. The molecule has 0 bridgehead atoms. The molecule has 0 aliphatic carbocycles. The molecule has 1 amide bonds. The molecule has 0 saturated heterocycles. The van der Waals surface area contributed by atoms with Gasteiger partial charge in [-0.2, -0.15) is 0 Å². The van der Waals surface area contributed by atoms with E-state index in [1.165, 1.54) is 30.5 Å². The van der Waals surface area contributed by atoms with E-state index in [0.717, 1.165) is 22.1 Å². The van der Waals surface area contributed by atoms with Crippen molar-refractivity contribution in [2.75, 3.05) is 18.9 Å². The second-order valence-corrected chi connectivity index (χ2v) is 9.07. The van der Waals surface area contributed by atoms with Gasteiger partial charge in [-0.05, 0) is 36.6 Å². The summed E-state index contributed by atoms with van der Waals surface area (Å²) >= 11 is 1.37. The van der Waals surface area contributed by atoms with Crippen LogP contribution in [0.1, 0.15) is 38.3 Å². The molecule has 0 radical (unpaired) electrons. The molecule has 0 saturated carbocycles. The number of amides is 1. The summed E-state index contributed by atoms with van der Waals surface area (Å²) in [5, 5.41) is 5.18. The highest BCUT2D eigenvalue weighted by Crippen LogP contribution is 2.21. The third-order valence-corrected chi connectivity index (χ3v) is 6.41. The monoisotopic (exact) mass is 399 g/mol. The predicted molar refractivity (Wildman–Crippen MR) is 100 cm³/mol. The van der Waals surface area contributed by atoms with Gasteiger partial charge >= 0.3 is 0 Å². The van der Waals surface area contributed by atoms with Crippen molar-refractivity contribution in [2.24, 2.45) is 0 Å². The number of nitrogens with one attached hydrogen (secondary N) is 1. The number of carbonyl (C=O) groups is 1. The summed E-state index contributed by atoms with van der Waals surface area (Å²) in [7, 11) is -2.26. The lowest BCUT2D eigenvalue weighted by Crippen LogP contribution is -2.28. The molecule has 0 spiro atoms. The smallest absolute Gasteiger partial charge is 0.242 e. The zero-order valence-electron chi connectivity index (χ0n) is 14.9. The fraction of sp³-hybridized carbons (Fsp3) is 0.412. The molecule has 142 valence electrons. The summed E-state index contributed by atoms with van der Waals surface area (Å²) in [6, 6.07) is 4.66. The minimum Gasteiger partial charge on any atom is -0.302 e. The van der Waals surface area contributed by atoms with E-state index in [1.54, 1.807) is 0 Å². The molecule has 6 nitrogen and oxygen atoms in total. The third kappa shape index (κ3) is 5.33. The lowest BCUT2D eigenvalue weighted by Gasteiger charge is -2.16. The van der Waals surface area contributed by atoms with Gasteiger partial charge in [-0.25, -0.2) is 22.1 Å². The van der Waals surface area contributed by atoms with Crippen LogP contribution in [-0.2, 0) is 14.8 Å². The van der Waals surface area contributed by atoms with Crippen molar-refractivity contribution in [2.45, 2.75) is 37.5 Å². The van der Waals surface area contributed by atoms with Gasteiger partial charge in [-0.1, -0.05) is 13.8 Å². The van der Waals surface area contributed by atoms with E-state index in [0.29, 0.717) is 17.5 Å². The predicted octanol–water partition coefficient (Wildman–Crippen LogP) is 3.45. The maximum Gasteiger partial charge on any atom is 0.242 e. The summed E-state index contributed by atoms with van der Waals surface area (Å²) in [5.41, 5.74) is 0.926. The Morgan fingerprint density at radius 3 is 2.54 bits per heavy atom. The van der Waals surface area contributed by atoms with E-state index in [4.69, 9.17) is 0 Å². The van der Waals surface area contributed by atoms with Crippen molar-refractivity contribution >= 4 is 32.4 Å². The quantitative estimate of drug-likeness (QED) is 0.737. The van der Waals surface area contributed by atoms with Crippen LogP contribution in [0.5, 0.6) is 0 Å². The Morgan fingerprint density at radius 2 is 1.96 bits per heavy atom. The number of halogens is 1. The van der Waals surface area contributed by atoms with Gasteiger partial charge in [0.15, 0.2) is 5.13 Å². The first kappa shape index (κ1) is 20.5. The van der Waals surface area contributed by atoms with Crippen LogP contribution < -0.4 is 5.32 Å². The molecule has 2 aromatic rings. The van der Waals surface area contributed by atoms with Crippen LogP contribution in [0.15, 0.2) is 34.5 Å². The lowest BCUT2D eigenvalue weighted by atomic mass is 10.2. The highest BCUT2D eigenvalue weighted by atomic mass is 32.2. The molecule has 26 heavy (non-hydrogen) atoms. The normalized spacial score (nSPS) is 11.9. The second kappa shape index (κ2) is 8.70. The highest BCUT2D eigenvalue weighted by molar-refractivity contribution is 7.89. The van der Waals surface area contributed by atoms with Gasteiger partial charge in [0, 0.05) is 25.4 Å². The maximum atomic E-state index is 12.9. The molecular weight excluding hydrogens is 377 g/mol. The number of hydrogen-bond acceptors (Lipinski definition) is 5. The number of nitrogens with zero attached hydrogens (tertiary/aromatic N) is 2. The summed E-state index contributed by atoms with van der Waals surface area (Å²) < 4.78 is 38.8. The SMILES string of the molecule is CC(C)c1csc(NC(=O)CCCN(C)S(=O)(=O)c2ccc(F)cc2)n1. The van der Waals surface area contributed by atoms with Crippen molar-refractivity contribution in [3.05, 3.63) is 41.2 Å². The number of rotatable bonds is 8. The number of anilines is 1. The van der Waals surface area contributed by atoms with E-state index < -0.39 is 15.8 Å². The minimum atomic E-state index is -3.69. The third-order valence-electron chi connectivity index (χ3n) is 3.76. The largest absolute Gasteiger partial charge is 0.302 e. The zero-order chi connectivity index (χ0) is 19.3. The molecule has 0 unspecified atom stereocenters. The number of sulfonamides is 1. The van der Waals surface area contributed by atoms with Crippen LogP contribution in [0.3, 0.4) is 0 Å². The number of thiazole rings is 1. The van der Waals surface area contributed by atoms with Gasteiger partial charge in [0.1, 0.15) is 5.82 Å². The average molecular weight is 400 g/mol. The molecule has 1 N–H and O–H groups in total. The van der Waals surface area contributed by atoms with Gasteiger partial charge in [0.05, 0.1) is 10.6 Å². The number of aromatic nitrogens is 1. The van der Waals surface area contributed by atoms with Gasteiger partial charge in [0.25, 0.3) is 0 Å². The Hall–Kier alpha value is -1.84. The van der Waals surface area contributed by atoms with E-state index in [2.05, 4.69) is 10.3 Å². The van der Waals surface area contributed by atoms with E-state index in [9.17, 15) is 17.6 Å². The Balaban J connectivity index is 1.84. The summed E-state index contributed by atoms with van der Waals surface area (Å²) in [4.78, 5) is 16.3. The van der Waals surface area contributed by atoms with Crippen LogP contribution in [0.4, 0.5) is 9.52 Å². The second-order valence-electron chi connectivity index (χ2n) is 6.16. The van der Waals surface area contributed by atoms with E-state index in [-0.39, 0.29) is 23.8 Å². The summed E-state index contributed by atoms with van der Waals surface area (Å²) in [6.07, 6.45) is 0.547. The fourth-order valence-corrected chi connectivity index (χ4v) is 4.26. The van der Waals surface area contributed by atoms with Gasteiger partial charge in [-0.3, -0.25) is 4.79 Å². The van der Waals surface area contributed by atoms with Crippen LogP contribution in [0, 0.1) is 5.82 Å². The van der Waals surface area contributed by atoms with Crippen molar-refractivity contribution in [3.8, 4) is 0 Å². The molecule has 1 aromatic heterocycles. The molecule has 2 rings (SSSR count). The van der Waals surface area contributed by atoms with Crippen LogP contribution in [-0.4, -0.2) is 37.2 Å². The maximum absolute atomic E-state index is 12.9. The fourth-order valence-electron chi connectivity index (χ4n) is 2.16. The molecule has 1 aromatic carbocycles. The van der Waals surface area contributed by atoms with Gasteiger partial charge in [-0.15, -0.1) is 11.3 Å². The topological polar surface area (TPSA) is 79.4 Å². The summed E-state index contributed by atoms with van der Waals surface area (Å²) in [6.45, 7) is 4.23. The standard InChI is InChI=1S/C17H22FN3O3S2/c1-12(2)15-11-25-17(19-15)20-16(22)5-4-10-21(3)26(23,24)14-8-6-13(18)7-9-14/h6-9,11-12H,4-5,10H2,1-3H3,(H,19,20,22). The lowest BCUT2D eigenvalue weighted by molar-refractivity contribution is -0.116. The summed E-state index contributed by atoms with van der Waals surface area (Å²) in [5.74, 6) is -0.407. The number of benzene rings is 1. The molecule has 0 aliphatic rings. The van der Waals surface area contributed by atoms with Crippen molar-refractivity contribution in [1.82, 2.24) is 9.29 Å². The molecule has 0 fully saturated rings. The number of carbonyl (C=O) groups excluding carboxylic acids is 1. The van der Waals surface area contributed by atoms with Crippen LogP contribution in [0.2, 0.25) is 0 Å². The van der Waals surface area contributed by atoms with E-state index in [1.807, 2.05) is 19.2 Å². The first-order chi connectivity index (χ1) is 12.2. The molecule has 9 heteroatoms. The highest BCUT2D eigenvalue weighted by Gasteiger charge is 2.20. The molecule has 0 aliphatic heterocycles. The Morgan fingerprint density at radius 1 is 1.31 bits per heavy atom. The molecule has 1 heterocycles. The minimum absolute atomic E-state index is 0.0230. The van der Waals surface area contributed by atoms with Crippen LogP contribution >= 0.6 is 11.3 Å². The van der Waals surface area contributed by atoms with Crippen LogP contribution in [0.25, 0.3) is 0 Å². The Labute approximate surface area is 157 Å². The molecular formula is C17H22FN3O3S2. The van der Waals surface area contributed by atoms with Crippen molar-refractivity contribution in [3.63, 3.8) is 0 Å². The zero-order valence-corrected chi connectivity index (χ0v) is 16.5. The first-order valence-electron chi connectivity index (χ1n) is 8.17. The average Bonchev–Trinajstić information content (AvgIpc) is 3.03. The Kier molecular flexibility index (Phi) is 6.85. The molecule has 0 atom stereocenters. The van der Waals surface area contributed by atoms with Gasteiger partial charge in [0.2, 0.25) is 15.9 Å². The Bertz CT molecular complexity index is 848. The van der Waals surface area contributed by atoms with Crippen molar-refractivity contribution < 1.29 is 17.6 Å².